The molecule has 0 rings (SSSR count). The minimum atomic E-state index is -0.490. The summed E-state index contributed by atoms with van der Waals surface area (Å²) >= 11 is 0. The summed E-state index contributed by atoms with van der Waals surface area (Å²) in [7, 11) is 0. The number of terminal acetylenes is 1. The molecular weight excluding hydrogens is 280 g/mol. The summed E-state index contributed by atoms with van der Waals surface area (Å²) in [6.45, 7) is 12.4. The van der Waals surface area contributed by atoms with Crippen LogP contribution in [0.2, 0.25) is 0 Å². The number of rotatable bonds is 7. The van der Waals surface area contributed by atoms with Gasteiger partial charge in [0.25, 0.3) is 0 Å². The summed E-state index contributed by atoms with van der Waals surface area (Å²) in [4.78, 5) is 18.2. The minimum Gasteiger partial charge on any atom is -0.444 e. The van der Waals surface area contributed by atoms with Crippen molar-refractivity contribution in [1.29, 1.82) is 0 Å². The van der Waals surface area contributed by atoms with Gasteiger partial charge in [0, 0.05) is 19.6 Å². The molecule has 0 aliphatic carbocycles. The Morgan fingerprint density at radius 1 is 1.27 bits per heavy atom. The fraction of sp³-hybridized carbons (Fsp3) is 0.750. The molecule has 0 aromatic carbocycles. The van der Waals surface area contributed by atoms with E-state index in [0.29, 0.717) is 32.1 Å². The van der Waals surface area contributed by atoms with Gasteiger partial charge < -0.3 is 20.3 Å². The number of nitrogens with one attached hydrogen (secondary N) is 2. The maximum absolute atomic E-state index is 12.1. The number of nitrogens with zero attached hydrogens (tertiary/aromatic N) is 2. The first-order valence-electron chi connectivity index (χ1n) is 7.77. The number of hydrogen-bond donors (Lipinski definition) is 2. The van der Waals surface area contributed by atoms with Crippen molar-refractivity contribution < 1.29 is 9.53 Å². The highest BCUT2D eigenvalue weighted by Crippen LogP contribution is 2.10. The van der Waals surface area contributed by atoms with Crippen LogP contribution >= 0.6 is 0 Å². The second-order valence-electron chi connectivity index (χ2n) is 5.79. The van der Waals surface area contributed by atoms with Crippen LogP contribution in [-0.4, -0.2) is 55.3 Å². The van der Waals surface area contributed by atoms with Crippen LogP contribution < -0.4 is 10.6 Å². The lowest BCUT2D eigenvalue weighted by Gasteiger charge is -2.26. The van der Waals surface area contributed by atoms with Gasteiger partial charge in [-0.1, -0.05) is 12.8 Å². The summed E-state index contributed by atoms with van der Waals surface area (Å²) < 4.78 is 5.40. The molecule has 6 nitrogen and oxygen atoms in total. The van der Waals surface area contributed by atoms with E-state index in [2.05, 4.69) is 21.5 Å². The number of ether oxygens (including phenoxy) is 1. The number of guanidine groups is 1. The molecule has 0 atom stereocenters. The first-order valence-corrected chi connectivity index (χ1v) is 7.77. The van der Waals surface area contributed by atoms with E-state index in [1.165, 1.54) is 0 Å². The maximum Gasteiger partial charge on any atom is 0.410 e. The highest BCUT2D eigenvalue weighted by Gasteiger charge is 2.21. The van der Waals surface area contributed by atoms with Crippen LogP contribution in [0.1, 0.15) is 41.0 Å². The first-order chi connectivity index (χ1) is 10.3. The Kier molecular flexibility index (Phi) is 9.84. The van der Waals surface area contributed by atoms with Crippen LogP contribution in [0.25, 0.3) is 0 Å². The Morgan fingerprint density at radius 3 is 2.45 bits per heavy atom. The van der Waals surface area contributed by atoms with Crippen LogP contribution in [-0.2, 0) is 4.74 Å². The van der Waals surface area contributed by atoms with Crippen molar-refractivity contribution in [3.63, 3.8) is 0 Å². The zero-order valence-electron chi connectivity index (χ0n) is 14.5. The molecule has 0 aromatic rings. The maximum atomic E-state index is 12.1. The molecule has 0 saturated heterocycles. The number of aliphatic imine (C=N–C) groups is 1. The van der Waals surface area contributed by atoms with Crippen molar-refractivity contribution in [1.82, 2.24) is 15.5 Å². The van der Waals surface area contributed by atoms with E-state index >= 15 is 0 Å². The molecule has 0 unspecified atom stereocenters. The molecule has 0 spiro atoms. The fourth-order valence-corrected chi connectivity index (χ4v) is 1.65. The highest BCUT2D eigenvalue weighted by molar-refractivity contribution is 5.80. The Morgan fingerprint density at radius 2 is 1.95 bits per heavy atom. The quantitative estimate of drug-likeness (QED) is 0.428. The van der Waals surface area contributed by atoms with Gasteiger partial charge in [-0.3, -0.25) is 4.99 Å². The van der Waals surface area contributed by atoms with Crippen molar-refractivity contribution in [2.24, 2.45) is 4.99 Å². The first kappa shape index (κ1) is 20.1. The Bertz CT molecular complexity index is 394. The molecule has 22 heavy (non-hydrogen) atoms. The number of carbonyl (C=O) groups is 1. The van der Waals surface area contributed by atoms with Gasteiger partial charge in [-0.15, -0.1) is 6.42 Å². The summed E-state index contributed by atoms with van der Waals surface area (Å²) in [5.74, 6) is 3.16. The smallest absolute Gasteiger partial charge is 0.410 e. The monoisotopic (exact) mass is 310 g/mol. The van der Waals surface area contributed by atoms with Gasteiger partial charge in [0.1, 0.15) is 5.60 Å². The summed E-state index contributed by atoms with van der Waals surface area (Å²) in [6.07, 6.45) is 5.80. The molecule has 0 heterocycles. The van der Waals surface area contributed by atoms with Crippen molar-refractivity contribution in [3.8, 4) is 12.3 Å². The SMILES string of the molecule is C#CCNC(=NCCN(CCC)C(=O)OC(C)(C)C)NCC. The summed E-state index contributed by atoms with van der Waals surface area (Å²) in [6, 6.07) is 0. The Hall–Kier alpha value is -1.90. The van der Waals surface area contributed by atoms with Gasteiger partial charge in [-0.25, -0.2) is 4.79 Å². The highest BCUT2D eigenvalue weighted by atomic mass is 16.6. The molecular formula is C16H30N4O2. The Balaban J connectivity index is 4.55. The number of hydrogen-bond acceptors (Lipinski definition) is 3. The molecule has 1 amide bonds. The number of carbonyl (C=O) groups excluding carboxylic acids is 1. The molecule has 2 N–H and O–H groups in total. The Labute approximate surface area is 134 Å². The van der Waals surface area contributed by atoms with Crippen molar-refractivity contribution in [2.75, 3.05) is 32.7 Å². The molecule has 6 heteroatoms. The van der Waals surface area contributed by atoms with Gasteiger partial charge in [0.05, 0.1) is 13.1 Å². The van der Waals surface area contributed by atoms with Crippen molar-refractivity contribution in [3.05, 3.63) is 0 Å². The number of amides is 1. The minimum absolute atomic E-state index is 0.300. The molecule has 0 aliphatic rings. The largest absolute Gasteiger partial charge is 0.444 e. The van der Waals surface area contributed by atoms with Crippen LogP contribution in [0.5, 0.6) is 0 Å². The second kappa shape index (κ2) is 10.8. The van der Waals surface area contributed by atoms with Gasteiger partial charge >= 0.3 is 6.09 Å². The van der Waals surface area contributed by atoms with E-state index in [0.717, 1.165) is 13.0 Å². The molecule has 0 bridgehead atoms. The van der Waals surface area contributed by atoms with E-state index in [1.807, 2.05) is 34.6 Å². The van der Waals surface area contributed by atoms with E-state index in [9.17, 15) is 4.79 Å². The fourth-order valence-electron chi connectivity index (χ4n) is 1.65. The van der Waals surface area contributed by atoms with Crippen LogP contribution in [0.15, 0.2) is 4.99 Å². The standard InChI is InChI=1S/C16H30N4O2/c1-7-10-18-14(17-9-3)19-11-13-20(12-8-2)15(21)22-16(4,5)6/h1H,8-13H2,2-6H3,(H2,17,18,19). The van der Waals surface area contributed by atoms with E-state index in [4.69, 9.17) is 11.2 Å². The lowest BCUT2D eigenvalue weighted by atomic mass is 10.2. The molecule has 126 valence electrons. The van der Waals surface area contributed by atoms with Crippen LogP contribution in [0, 0.1) is 12.3 Å². The van der Waals surface area contributed by atoms with Gasteiger partial charge in [0.2, 0.25) is 0 Å². The van der Waals surface area contributed by atoms with Crippen LogP contribution in [0.4, 0.5) is 4.79 Å². The van der Waals surface area contributed by atoms with Crippen molar-refractivity contribution in [2.45, 2.75) is 46.6 Å². The molecule has 0 aromatic heterocycles. The van der Waals surface area contributed by atoms with E-state index in [-0.39, 0.29) is 6.09 Å². The molecule has 0 fully saturated rings. The zero-order valence-corrected chi connectivity index (χ0v) is 14.5. The lowest BCUT2D eigenvalue weighted by molar-refractivity contribution is 0.0256. The summed E-state index contributed by atoms with van der Waals surface area (Å²) in [5.41, 5.74) is -0.490. The third-order valence-electron chi connectivity index (χ3n) is 2.49. The van der Waals surface area contributed by atoms with Crippen LogP contribution in [0.3, 0.4) is 0 Å². The summed E-state index contributed by atoms with van der Waals surface area (Å²) in [5, 5.41) is 6.11. The normalized spacial score (nSPS) is 11.5. The zero-order chi connectivity index (χ0) is 17.0. The second-order valence-corrected chi connectivity index (χ2v) is 5.79. The van der Waals surface area contributed by atoms with Gasteiger partial charge in [-0.2, -0.15) is 0 Å². The molecule has 0 radical (unpaired) electrons. The predicted octanol–water partition coefficient (Wildman–Crippen LogP) is 1.82. The van der Waals surface area contributed by atoms with E-state index < -0.39 is 5.60 Å². The average Bonchev–Trinajstić information content (AvgIpc) is 2.41. The third-order valence-corrected chi connectivity index (χ3v) is 2.49. The third kappa shape index (κ3) is 9.92. The molecule has 0 aliphatic heterocycles. The van der Waals surface area contributed by atoms with Gasteiger partial charge in [0.15, 0.2) is 5.96 Å². The van der Waals surface area contributed by atoms with Gasteiger partial charge in [-0.05, 0) is 34.1 Å². The molecule has 0 saturated carbocycles. The van der Waals surface area contributed by atoms with Crippen molar-refractivity contribution >= 4 is 12.1 Å². The van der Waals surface area contributed by atoms with E-state index in [1.54, 1.807) is 4.90 Å². The average molecular weight is 310 g/mol. The predicted molar refractivity (Wildman–Crippen MR) is 90.9 cm³/mol. The lowest BCUT2D eigenvalue weighted by Crippen LogP contribution is -2.40. The topological polar surface area (TPSA) is 66.0 Å².